The van der Waals surface area contributed by atoms with Crippen molar-refractivity contribution in [1.82, 2.24) is 5.32 Å². The van der Waals surface area contributed by atoms with Crippen molar-refractivity contribution >= 4 is 21.6 Å². The lowest BCUT2D eigenvalue weighted by Crippen LogP contribution is -2.54. The highest BCUT2D eigenvalue weighted by Gasteiger charge is 2.22. The summed E-state index contributed by atoms with van der Waals surface area (Å²) in [5.74, 6) is 0. The smallest absolute Gasteiger partial charge is 0.0645 e. The molecule has 1 N–H and O–H groups in total. The van der Waals surface area contributed by atoms with Gasteiger partial charge in [0.05, 0.1) is 9.60 Å². The van der Waals surface area contributed by atoms with Crippen molar-refractivity contribution in [3.8, 4) is 0 Å². The van der Waals surface area contributed by atoms with Crippen LogP contribution in [0.25, 0.3) is 0 Å². The Morgan fingerprint density at radius 3 is 3.07 bits per heavy atom. The lowest BCUT2D eigenvalue weighted by molar-refractivity contribution is 0.425. The highest BCUT2D eigenvalue weighted by atomic mass is 79.9. The summed E-state index contributed by atoms with van der Waals surface area (Å²) >= 11 is 2.81. The van der Waals surface area contributed by atoms with Crippen LogP contribution in [-0.4, -0.2) is 25.0 Å². The van der Waals surface area contributed by atoms with Gasteiger partial charge in [0.25, 0.3) is 0 Å². The molecule has 1 saturated heterocycles. The average Bonchev–Trinajstić information content (AvgIpc) is 2.57. The first-order valence-corrected chi connectivity index (χ1v) is 4.65. The summed E-state index contributed by atoms with van der Waals surface area (Å²) in [6, 6.07) is -11.0. The van der Waals surface area contributed by atoms with Gasteiger partial charge in [0.2, 0.25) is 0 Å². The summed E-state index contributed by atoms with van der Waals surface area (Å²) in [5.41, 5.74) is -1.17. The number of piperazine rings is 1. The quantitative estimate of drug-likeness (QED) is 0.853. The third-order valence-corrected chi connectivity index (χ3v) is 1.95. The number of anilines is 1. The first-order valence-electron chi connectivity index (χ1n) is 11.9. The lowest BCUT2D eigenvalue weighted by atomic mass is 10.1. The molecule has 3 heteroatoms. The predicted octanol–water partition coefficient (Wildman–Crippen LogP) is 2.64. The van der Waals surface area contributed by atoms with E-state index in [4.69, 9.17) is 21.9 Å². The summed E-state index contributed by atoms with van der Waals surface area (Å²) in [4.78, 5) is -0.268. The SMILES string of the molecule is [2H]c1c([2H])c(N2C([2H])([2H])C([2H])(C([2H])([2H])[2H])NC([2H])([2H])C2([2H])C([2H])([2H])[2H])c([2H])c([2H])c1Br. The maximum atomic E-state index is 8.51. The Bertz CT molecular complexity index is 880. The van der Waals surface area contributed by atoms with Crippen LogP contribution in [0.5, 0.6) is 0 Å². The molecule has 2 atom stereocenters. The minimum atomic E-state index is -3.74. The second-order valence-electron chi connectivity index (χ2n) is 2.58. The van der Waals surface area contributed by atoms with Gasteiger partial charge in [-0.3, -0.25) is 0 Å². The third-order valence-electron chi connectivity index (χ3n) is 1.56. The Hall–Kier alpha value is -0.540. The van der Waals surface area contributed by atoms with Crippen LogP contribution in [0.15, 0.2) is 28.6 Å². The van der Waals surface area contributed by atoms with Crippen molar-refractivity contribution < 1.29 is 21.9 Å². The second kappa shape index (κ2) is 4.54. The molecule has 2 nitrogen and oxygen atoms in total. The first-order chi connectivity index (χ1) is 13.5. The molecule has 0 aliphatic carbocycles. The van der Waals surface area contributed by atoms with Gasteiger partial charge < -0.3 is 10.2 Å². The molecule has 1 fully saturated rings. The fraction of sp³-hybridized carbons (Fsp3) is 0.500. The van der Waals surface area contributed by atoms with Crippen LogP contribution in [-0.2, 0) is 0 Å². The van der Waals surface area contributed by atoms with Crippen LogP contribution in [0, 0.1) is 0 Å². The van der Waals surface area contributed by atoms with Crippen LogP contribution in [0.4, 0.5) is 5.69 Å². The Kier molecular flexibility index (Phi) is 0.801. The zero-order chi connectivity index (χ0) is 24.7. The van der Waals surface area contributed by atoms with E-state index in [1.807, 2.05) is 0 Å². The molecule has 0 amide bonds. The van der Waals surface area contributed by atoms with E-state index in [1.165, 1.54) is 5.32 Å². The largest absolute Gasteiger partial charge is 0.366 e. The molecule has 82 valence electrons. The van der Waals surface area contributed by atoms with Gasteiger partial charge in [-0.25, -0.2) is 0 Å². The topological polar surface area (TPSA) is 15.3 Å². The number of hydrogen-bond acceptors (Lipinski definition) is 2. The molecule has 1 aliphatic rings. The van der Waals surface area contributed by atoms with Crippen LogP contribution in [0.2, 0.25) is 0 Å². The zero-order valence-corrected chi connectivity index (χ0v) is 8.91. The number of benzene rings is 1. The normalized spacial score (nSPS) is 60.5. The van der Waals surface area contributed by atoms with Crippen molar-refractivity contribution in [1.29, 1.82) is 0 Å². The summed E-state index contributed by atoms with van der Waals surface area (Å²) in [7, 11) is 0. The van der Waals surface area contributed by atoms with E-state index in [0.29, 0.717) is 0 Å². The number of nitrogens with one attached hydrogen (secondary N) is 1. The standard InChI is InChI=1S/C12H17BrN2/c1-9-8-15(10(2)7-14-9)12-5-3-11(13)4-6-12/h3-6,9-10,14H,7-8H2,1-2H3/i1D3,2D3,3D,4D,5D,6D,7D2,8D2,9D,10D. The summed E-state index contributed by atoms with van der Waals surface area (Å²) < 4.78 is 128. The Balaban J connectivity index is 3.15. The van der Waals surface area contributed by atoms with Crippen molar-refractivity contribution in [2.24, 2.45) is 0 Å². The molecule has 1 aromatic rings. The monoisotopic (exact) mass is 284 g/mol. The lowest BCUT2D eigenvalue weighted by Gasteiger charge is -2.39. The van der Waals surface area contributed by atoms with Crippen molar-refractivity contribution in [3.05, 3.63) is 28.6 Å². The fourth-order valence-electron chi connectivity index (χ4n) is 0.943. The molecule has 1 heterocycles. The van der Waals surface area contributed by atoms with E-state index in [1.54, 1.807) is 0 Å². The molecule has 2 rings (SSSR count). The molecule has 0 bridgehead atoms. The van der Waals surface area contributed by atoms with E-state index in [-0.39, 0.29) is 9.37 Å². The molecule has 0 aromatic heterocycles. The summed E-state index contributed by atoms with van der Waals surface area (Å²) in [5, 5.41) is 1.52. The second-order valence-corrected chi connectivity index (χ2v) is 3.38. The Labute approximate surface area is 122 Å². The average molecular weight is 285 g/mol. The van der Waals surface area contributed by atoms with Gasteiger partial charge in [-0.15, -0.1) is 0 Å². The number of halogens is 1. The number of rotatable bonds is 1. The van der Waals surface area contributed by atoms with Crippen molar-refractivity contribution in [2.45, 2.75) is 25.7 Å². The highest BCUT2D eigenvalue weighted by Crippen LogP contribution is 2.22. The number of hydrogen-bond donors (Lipinski definition) is 1. The van der Waals surface area contributed by atoms with Gasteiger partial charge in [-0.1, -0.05) is 15.9 Å². The van der Waals surface area contributed by atoms with Gasteiger partial charge >= 0.3 is 0 Å². The first kappa shape index (κ1) is 2.65. The van der Waals surface area contributed by atoms with Gasteiger partial charge in [-0.2, -0.15) is 0 Å². The molecule has 1 aromatic carbocycles. The molecule has 2 unspecified atom stereocenters. The maximum Gasteiger partial charge on any atom is 0.0645 e. The molecule has 0 saturated carbocycles. The molecular formula is C12H17BrN2. The van der Waals surface area contributed by atoms with Crippen molar-refractivity contribution in [3.63, 3.8) is 0 Å². The minimum absolute atomic E-state index is 0.268. The van der Waals surface area contributed by atoms with E-state index >= 15 is 0 Å². The Morgan fingerprint density at radius 1 is 1.60 bits per heavy atom. The van der Waals surface area contributed by atoms with E-state index in [9.17, 15) is 0 Å². The van der Waals surface area contributed by atoms with Gasteiger partial charge in [0.15, 0.2) is 0 Å². The van der Waals surface area contributed by atoms with Gasteiger partial charge in [0, 0.05) is 47.5 Å². The van der Waals surface area contributed by atoms with Gasteiger partial charge in [0.1, 0.15) is 0 Å². The molecule has 15 heavy (non-hydrogen) atoms. The Morgan fingerprint density at radius 2 is 2.40 bits per heavy atom. The van der Waals surface area contributed by atoms with Crippen molar-refractivity contribution in [2.75, 3.05) is 17.9 Å². The van der Waals surface area contributed by atoms with E-state index < -0.39 is 68.6 Å². The fourth-order valence-corrected chi connectivity index (χ4v) is 1.14. The predicted molar refractivity (Wildman–Crippen MR) is 68.4 cm³/mol. The summed E-state index contributed by atoms with van der Waals surface area (Å²) in [6.07, 6.45) is 0. The molecule has 0 radical (unpaired) electrons. The van der Waals surface area contributed by atoms with Crippen LogP contribution >= 0.6 is 15.9 Å². The summed E-state index contributed by atoms with van der Waals surface area (Å²) in [6.45, 7) is -14.7. The maximum absolute atomic E-state index is 8.51. The minimum Gasteiger partial charge on any atom is -0.366 e. The van der Waals surface area contributed by atoms with E-state index in [0.717, 1.165) is 0 Å². The van der Waals surface area contributed by atoms with E-state index in [2.05, 4.69) is 15.9 Å². The number of nitrogens with zero attached hydrogens (tertiary/aromatic N) is 1. The zero-order valence-electron chi connectivity index (χ0n) is 23.3. The molecule has 0 spiro atoms. The van der Waals surface area contributed by atoms with Gasteiger partial charge in [-0.05, 0) is 37.9 Å². The van der Waals surface area contributed by atoms with Crippen LogP contribution in [0.3, 0.4) is 0 Å². The highest BCUT2D eigenvalue weighted by molar-refractivity contribution is 9.10. The van der Waals surface area contributed by atoms with Crippen LogP contribution < -0.4 is 10.2 Å². The molecule has 1 aliphatic heterocycles. The third kappa shape index (κ3) is 2.52. The molecular weight excluding hydrogens is 252 g/mol. The van der Waals surface area contributed by atoms with Crippen LogP contribution in [0.1, 0.15) is 35.6 Å².